The summed E-state index contributed by atoms with van der Waals surface area (Å²) in [6, 6.07) is 29.5. The topological polar surface area (TPSA) is 70.5 Å². The van der Waals surface area contributed by atoms with Crippen LogP contribution < -0.4 is 14.2 Å². The summed E-state index contributed by atoms with van der Waals surface area (Å²) in [5.41, 5.74) is 4.70. The molecule has 0 fully saturated rings. The number of para-hydroxylation sites is 4. The minimum atomic E-state index is -0.430. The lowest BCUT2D eigenvalue weighted by atomic mass is 10.1. The molecule has 0 N–H and O–H groups in total. The third-order valence-corrected chi connectivity index (χ3v) is 5.46. The Balaban J connectivity index is 1.21. The minimum absolute atomic E-state index is 0.356. The number of fused-ring (bicyclic) bond motifs is 1. The van der Waals surface area contributed by atoms with Crippen molar-refractivity contribution in [3.05, 3.63) is 114 Å². The van der Waals surface area contributed by atoms with Gasteiger partial charge in [0, 0.05) is 5.56 Å². The first-order valence-corrected chi connectivity index (χ1v) is 11.1. The maximum atomic E-state index is 12.6. The van der Waals surface area contributed by atoms with E-state index in [2.05, 4.69) is 9.97 Å². The Bertz CT molecular complexity index is 1460. The number of nitrogens with zero attached hydrogens (tertiary/aromatic N) is 2. The Kier molecular flexibility index (Phi) is 6.35. The molecule has 1 aromatic heterocycles. The molecule has 0 unspecified atom stereocenters. The quantitative estimate of drug-likeness (QED) is 0.215. The highest BCUT2D eigenvalue weighted by Gasteiger charge is 2.10. The van der Waals surface area contributed by atoms with Gasteiger partial charge in [0.1, 0.15) is 12.4 Å². The van der Waals surface area contributed by atoms with Gasteiger partial charge in [0.15, 0.2) is 11.5 Å². The van der Waals surface area contributed by atoms with E-state index in [9.17, 15) is 4.79 Å². The fraction of sp³-hybridized carbons (Fsp3) is 0.0690. The van der Waals surface area contributed by atoms with Crippen molar-refractivity contribution in [2.75, 3.05) is 7.11 Å². The fourth-order valence-electron chi connectivity index (χ4n) is 3.59. The van der Waals surface area contributed by atoms with E-state index in [4.69, 9.17) is 14.2 Å². The van der Waals surface area contributed by atoms with E-state index in [0.717, 1.165) is 27.9 Å². The number of benzene rings is 4. The zero-order valence-electron chi connectivity index (χ0n) is 19.0. The summed E-state index contributed by atoms with van der Waals surface area (Å²) >= 11 is 0. The van der Waals surface area contributed by atoms with Crippen molar-refractivity contribution in [3.8, 4) is 28.5 Å². The van der Waals surface area contributed by atoms with Crippen LogP contribution in [-0.4, -0.2) is 23.0 Å². The average molecular weight is 463 g/mol. The number of hydrogen-bond donors (Lipinski definition) is 0. The predicted octanol–water partition coefficient (Wildman–Crippen LogP) is 6.10. The summed E-state index contributed by atoms with van der Waals surface area (Å²) in [5, 5.41) is 0. The molecule has 0 radical (unpaired) electrons. The van der Waals surface area contributed by atoms with Gasteiger partial charge in [0.05, 0.1) is 35.6 Å². The number of methoxy groups -OCH3 is 1. The van der Waals surface area contributed by atoms with Crippen LogP contribution in [0.3, 0.4) is 0 Å². The van der Waals surface area contributed by atoms with Crippen molar-refractivity contribution in [1.82, 2.24) is 9.97 Å². The molecule has 0 spiro atoms. The van der Waals surface area contributed by atoms with E-state index in [0.29, 0.717) is 29.4 Å². The maximum Gasteiger partial charge on any atom is 0.343 e. The first kappa shape index (κ1) is 22.1. The van der Waals surface area contributed by atoms with Crippen LogP contribution in [0.2, 0.25) is 0 Å². The van der Waals surface area contributed by atoms with Crippen molar-refractivity contribution >= 4 is 17.0 Å². The molecule has 5 rings (SSSR count). The van der Waals surface area contributed by atoms with Crippen molar-refractivity contribution in [2.24, 2.45) is 0 Å². The van der Waals surface area contributed by atoms with Crippen LogP contribution in [0, 0.1) is 0 Å². The fourth-order valence-corrected chi connectivity index (χ4v) is 3.59. The molecule has 4 aromatic carbocycles. The molecule has 5 aromatic rings. The van der Waals surface area contributed by atoms with Gasteiger partial charge < -0.3 is 14.2 Å². The van der Waals surface area contributed by atoms with Crippen molar-refractivity contribution < 1.29 is 19.0 Å². The maximum absolute atomic E-state index is 12.6. The highest BCUT2D eigenvalue weighted by molar-refractivity contribution is 5.91. The van der Waals surface area contributed by atoms with Gasteiger partial charge in [-0.2, -0.15) is 0 Å². The Morgan fingerprint density at radius 3 is 2.20 bits per heavy atom. The second kappa shape index (κ2) is 10.1. The number of carbonyl (C=O) groups excluding carboxylic acids is 1. The summed E-state index contributed by atoms with van der Waals surface area (Å²) < 4.78 is 16.7. The summed E-state index contributed by atoms with van der Waals surface area (Å²) in [6.45, 7) is 0.356. The average Bonchev–Trinajstić information content (AvgIpc) is 2.92. The third-order valence-electron chi connectivity index (χ3n) is 5.46. The van der Waals surface area contributed by atoms with Crippen molar-refractivity contribution in [3.63, 3.8) is 0 Å². The van der Waals surface area contributed by atoms with E-state index in [-0.39, 0.29) is 0 Å². The molecule has 0 aliphatic carbocycles. The highest BCUT2D eigenvalue weighted by Crippen LogP contribution is 2.27. The first-order chi connectivity index (χ1) is 17.2. The van der Waals surface area contributed by atoms with Gasteiger partial charge in [-0.05, 0) is 66.2 Å². The van der Waals surface area contributed by atoms with Crippen LogP contribution in [0.4, 0.5) is 0 Å². The summed E-state index contributed by atoms with van der Waals surface area (Å²) in [4.78, 5) is 21.7. The molecule has 6 heteroatoms. The summed E-state index contributed by atoms with van der Waals surface area (Å²) in [6.07, 6.45) is 1.74. The lowest BCUT2D eigenvalue weighted by Crippen LogP contribution is -2.08. The Hall–Kier alpha value is -4.71. The second-order valence-electron chi connectivity index (χ2n) is 7.79. The number of ether oxygens (including phenoxy) is 3. The van der Waals surface area contributed by atoms with Gasteiger partial charge in [-0.25, -0.2) is 9.78 Å². The van der Waals surface area contributed by atoms with E-state index >= 15 is 0 Å². The molecule has 1 heterocycles. The van der Waals surface area contributed by atoms with Crippen LogP contribution in [0.15, 0.2) is 103 Å². The van der Waals surface area contributed by atoms with Crippen LogP contribution in [-0.2, 0) is 6.61 Å². The third kappa shape index (κ3) is 5.12. The van der Waals surface area contributed by atoms with Crippen LogP contribution >= 0.6 is 0 Å². The first-order valence-electron chi connectivity index (χ1n) is 11.1. The second-order valence-corrected chi connectivity index (χ2v) is 7.79. The molecule has 0 saturated heterocycles. The van der Waals surface area contributed by atoms with E-state index in [1.807, 2.05) is 72.8 Å². The number of carbonyl (C=O) groups is 1. The molecule has 6 nitrogen and oxygen atoms in total. The molecule has 0 amide bonds. The van der Waals surface area contributed by atoms with Crippen LogP contribution in [0.25, 0.3) is 22.3 Å². The zero-order valence-corrected chi connectivity index (χ0v) is 19.0. The molecule has 0 saturated carbocycles. The van der Waals surface area contributed by atoms with Gasteiger partial charge in [0.2, 0.25) is 0 Å². The van der Waals surface area contributed by atoms with Gasteiger partial charge in [0.25, 0.3) is 0 Å². The molecule has 172 valence electrons. The van der Waals surface area contributed by atoms with Crippen molar-refractivity contribution in [2.45, 2.75) is 6.61 Å². The molecule has 0 aliphatic heterocycles. The molecular formula is C29H22N2O4. The van der Waals surface area contributed by atoms with E-state index < -0.39 is 5.97 Å². The normalized spacial score (nSPS) is 10.7. The summed E-state index contributed by atoms with van der Waals surface area (Å²) in [5.74, 6) is 1.36. The van der Waals surface area contributed by atoms with Gasteiger partial charge in [-0.1, -0.05) is 36.4 Å². The smallest absolute Gasteiger partial charge is 0.343 e. The minimum Gasteiger partial charge on any atom is -0.493 e. The molecule has 35 heavy (non-hydrogen) atoms. The van der Waals surface area contributed by atoms with Crippen LogP contribution in [0.5, 0.6) is 17.2 Å². The number of hydrogen-bond acceptors (Lipinski definition) is 6. The van der Waals surface area contributed by atoms with Crippen molar-refractivity contribution in [1.29, 1.82) is 0 Å². The lowest BCUT2D eigenvalue weighted by Gasteiger charge is -2.10. The van der Waals surface area contributed by atoms with Gasteiger partial charge in [-0.15, -0.1) is 0 Å². The Labute approximate surface area is 202 Å². The van der Waals surface area contributed by atoms with Gasteiger partial charge >= 0.3 is 5.97 Å². The van der Waals surface area contributed by atoms with E-state index in [1.165, 1.54) is 0 Å². The number of esters is 1. The Morgan fingerprint density at radius 1 is 0.771 bits per heavy atom. The number of rotatable bonds is 7. The highest BCUT2D eigenvalue weighted by atomic mass is 16.5. The van der Waals surface area contributed by atoms with Gasteiger partial charge in [-0.3, -0.25) is 4.98 Å². The molecule has 0 atom stereocenters. The van der Waals surface area contributed by atoms with E-state index in [1.54, 1.807) is 37.6 Å². The monoisotopic (exact) mass is 462 g/mol. The predicted molar refractivity (Wildman–Crippen MR) is 134 cm³/mol. The SMILES string of the molecule is COc1ccccc1OCc1ccc(C(=O)Oc2ccc(-c3cnc4ccccc4n3)cc2)cc1. The summed E-state index contributed by atoms with van der Waals surface area (Å²) in [7, 11) is 1.60. The molecule has 0 bridgehead atoms. The molecular weight excluding hydrogens is 440 g/mol. The lowest BCUT2D eigenvalue weighted by molar-refractivity contribution is 0.0734. The zero-order chi connectivity index (χ0) is 24.0. The van der Waals surface area contributed by atoms with Crippen LogP contribution in [0.1, 0.15) is 15.9 Å². The molecule has 0 aliphatic rings. The number of aromatic nitrogens is 2. The Morgan fingerprint density at radius 2 is 1.46 bits per heavy atom. The largest absolute Gasteiger partial charge is 0.493 e. The standard InChI is InChI=1S/C29H22N2O4/c1-33-27-8-4-5-9-28(27)34-19-20-10-12-22(13-11-20)29(32)35-23-16-14-21(15-17-23)26-18-30-24-6-2-3-7-25(24)31-26/h2-18H,19H2,1H3.